The number of nitrogens with two attached hydrogens (primary N) is 1. The molecule has 2 atom stereocenters. The topological polar surface area (TPSA) is 49.6 Å². The third-order valence-electron chi connectivity index (χ3n) is 4.78. The largest absolute Gasteiger partial charge is 0.340 e. The molecule has 4 heteroatoms. The van der Waals surface area contributed by atoms with Gasteiger partial charge in [0.15, 0.2) is 0 Å². The van der Waals surface area contributed by atoms with Crippen molar-refractivity contribution in [3.05, 3.63) is 0 Å². The van der Waals surface area contributed by atoms with E-state index in [1.165, 1.54) is 19.3 Å². The molecule has 0 spiro atoms. The summed E-state index contributed by atoms with van der Waals surface area (Å²) in [5.41, 5.74) is 5.89. The fourth-order valence-electron chi connectivity index (χ4n) is 3.30. The van der Waals surface area contributed by atoms with Crippen LogP contribution in [0.5, 0.6) is 0 Å². The third-order valence-corrected chi connectivity index (χ3v) is 4.78. The highest BCUT2D eigenvalue weighted by Gasteiger charge is 2.28. The lowest BCUT2D eigenvalue weighted by molar-refractivity contribution is -0.138. The molecule has 124 valence electrons. The van der Waals surface area contributed by atoms with Crippen molar-refractivity contribution in [2.75, 3.05) is 32.7 Å². The molecule has 0 aliphatic carbocycles. The predicted octanol–water partition coefficient (Wildman–Crippen LogP) is 2.47. The molecule has 0 bridgehead atoms. The van der Waals surface area contributed by atoms with E-state index in [1.54, 1.807) is 0 Å². The molecule has 0 aromatic heterocycles. The molecule has 0 radical (unpaired) electrons. The Morgan fingerprint density at radius 2 is 1.71 bits per heavy atom. The quantitative estimate of drug-likeness (QED) is 0.711. The summed E-state index contributed by atoms with van der Waals surface area (Å²) in [6.45, 7) is 11.0. The number of rotatable bonds is 9. The van der Waals surface area contributed by atoms with E-state index in [2.05, 4.69) is 30.6 Å². The standard InChI is InChI=1S/C17H35N3O/c1-4-7-9-15(6-3)17(21)20-12-10-19(11-13-20)16(14-18)8-5-2/h15-16H,4-14,18H2,1-3H3. The van der Waals surface area contributed by atoms with Gasteiger partial charge in [0.2, 0.25) is 5.91 Å². The van der Waals surface area contributed by atoms with Crippen molar-refractivity contribution in [2.45, 2.75) is 65.3 Å². The number of carbonyl (C=O) groups excluding carboxylic acids is 1. The second-order valence-electron chi connectivity index (χ2n) is 6.29. The number of amides is 1. The van der Waals surface area contributed by atoms with Crippen LogP contribution in [0.4, 0.5) is 0 Å². The molecule has 1 aliphatic rings. The summed E-state index contributed by atoms with van der Waals surface area (Å²) in [6.07, 6.45) is 6.70. The Labute approximate surface area is 131 Å². The monoisotopic (exact) mass is 297 g/mol. The Morgan fingerprint density at radius 1 is 1.05 bits per heavy atom. The van der Waals surface area contributed by atoms with Gasteiger partial charge in [-0.1, -0.05) is 40.0 Å². The van der Waals surface area contributed by atoms with E-state index in [1.807, 2.05) is 0 Å². The smallest absolute Gasteiger partial charge is 0.225 e. The molecular formula is C17H35N3O. The Bertz CT molecular complexity index is 288. The molecule has 0 aromatic carbocycles. The molecule has 2 N–H and O–H groups in total. The van der Waals surface area contributed by atoms with Crippen LogP contribution in [-0.4, -0.2) is 54.5 Å². The normalized spacial score (nSPS) is 19.5. The SMILES string of the molecule is CCCCC(CC)C(=O)N1CCN(C(CN)CCC)CC1. The van der Waals surface area contributed by atoms with Crippen molar-refractivity contribution in [2.24, 2.45) is 11.7 Å². The first-order valence-corrected chi connectivity index (χ1v) is 8.90. The molecule has 21 heavy (non-hydrogen) atoms. The summed E-state index contributed by atoms with van der Waals surface area (Å²) < 4.78 is 0. The third kappa shape index (κ3) is 5.59. The van der Waals surface area contributed by atoms with Gasteiger partial charge in [0, 0.05) is 44.7 Å². The first-order chi connectivity index (χ1) is 10.2. The van der Waals surface area contributed by atoms with Crippen molar-refractivity contribution in [3.8, 4) is 0 Å². The average molecular weight is 297 g/mol. The molecule has 1 saturated heterocycles. The summed E-state index contributed by atoms with van der Waals surface area (Å²) >= 11 is 0. The van der Waals surface area contributed by atoms with E-state index < -0.39 is 0 Å². The Morgan fingerprint density at radius 3 is 2.19 bits per heavy atom. The number of unbranched alkanes of at least 4 members (excludes halogenated alkanes) is 1. The van der Waals surface area contributed by atoms with Crippen molar-refractivity contribution >= 4 is 5.91 Å². The lowest BCUT2D eigenvalue weighted by Crippen LogP contribution is -2.54. The van der Waals surface area contributed by atoms with Crippen LogP contribution >= 0.6 is 0 Å². The highest BCUT2D eigenvalue weighted by molar-refractivity contribution is 5.78. The minimum Gasteiger partial charge on any atom is -0.340 e. The van der Waals surface area contributed by atoms with Gasteiger partial charge < -0.3 is 10.6 Å². The van der Waals surface area contributed by atoms with Crippen LogP contribution in [0.2, 0.25) is 0 Å². The summed E-state index contributed by atoms with van der Waals surface area (Å²) in [5, 5.41) is 0. The lowest BCUT2D eigenvalue weighted by Gasteiger charge is -2.40. The van der Waals surface area contributed by atoms with E-state index >= 15 is 0 Å². The van der Waals surface area contributed by atoms with Crippen LogP contribution in [-0.2, 0) is 4.79 Å². The molecule has 1 amide bonds. The van der Waals surface area contributed by atoms with Gasteiger partial charge in [0.1, 0.15) is 0 Å². The minimum atomic E-state index is 0.234. The fourth-order valence-corrected chi connectivity index (χ4v) is 3.30. The first-order valence-electron chi connectivity index (χ1n) is 8.90. The zero-order valence-corrected chi connectivity index (χ0v) is 14.3. The van der Waals surface area contributed by atoms with Gasteiger partial charge in [-0.3, -0.25) is 9.69 Å². The van der Waals surface area contributed by atoms with Gasteiger partial charge in [0.05, 0.1) is 0 Å². The molecule has 1 heterocycles. The molecule has 1 rings (SSSR count). The number of nitrogens with zero attached hydrogens (tertiary/aromatic N) is 2. The van der Waals surface area contributed by atoms with Crippen LogP contribution in [0, 0.1) is 5.92 Å². The number of hydrogen-bond acceptors (Lipinski definition) is 3. The predicted molar refractivity (Wildman–Crippen MR) is 89.2 cm³/mol. The molecule has 0 aromatic rings. The van der Waals surface area contributed by atoms with Gasteiger partial charge in [-0.15, -0.1) is 0 Å². The van der Waals surface area contributed by atoms with Gasteiger partial charge in [-0.2, -0.15) is 0 Å². The van der Waals surface area contributed by atoms with Gasteiger partial charge in [-0.05, 0) is 19.3 Å². The molecule has 2 unspecified atom stereocenters. The van der Waals surface area contributed by atoms with Gasteiger partial charge in [0.25, 0.3) is 0 Å². The van der Waals surface area contributed by atoms with E-state index in [9.17, 15) is 4.79 Å². The van der Waals surface area contributed by atoms with Crippen molar-refractivity contribution in [3.63, 3.8) is 0 Å². The highest BCUT2D eigenvalue weighted by Crippen LogP contribution is 2.18. The summed E-state index contributed by atoms with van der Waals surface area (Å²) in [4.78, 5) is 17.1. The van der Waals surface area contributed by atoms with Gasteiger partial charge in [-0.25, -0.2) is 0 Å². The summed E-state index contributed by atoms with van der Waals surface area (Å²) in [7, 11) is 0. The maximum Gasteiger partial charge on any atom is 0.225 e. The number of hydrogen-bond donors (Lipinski definition) is 1. The van der Waals surface area contributed by atoms with E-state index in [-0.39, 0.29) is 5.92 Å². The number of piperazine rings is 1. The van der Waals surface area contributed by atoms with Crippen molar-refractivity contribution < 1.29 is 4.79 Å². The molecular weight excluding hydrogens is 262 g/mol. The fraction of sp³-hybridized carbons (Fsp3) is 0.941. The maximum atomic E-state index is 12.6. The lowest BCUT2D eigenvalue weighted by atomic mass is 9.97. The summed E-state index contributed by atoms with van der Waals surface area (Å²) in [6, 6.07) is 0.495. The average Bonchev–Trinajstić information content (AvgIpc) is 2.53. The van der Waals surface area contributed by atoms with Crippen molar-refractivity contribution in [1.29, 1.82) is 0 Å². The second-order valence-corrected chi connectivity index (χ2v) is 6.29. The van der Waals surface area contributed by atoms with E-state index in [0.717, 1.165) is 52.0 Å². The minimum absolute atomic E-state index is 0.234. The van der Waals surface area contributed by atoms with Crippen LogP contribution < -0.4 is 5.73 Å². The highest BCUT2D eigenvalue weighted by atomic mass is 16.2. The van der Waals surface area contributed by atoms with Crippen molar-refractivity contribution in [1.82, 2.24) is 9.80 Å². The first kappa shape index (κ1) is 18.4. The Hall–Kier alpha value is -0.610. The van der Waals surface area contributed by atoms with E-state index in [0.29, 0.717) is 11.9 Å². The second kappa shape index (κ2) is 10.2. The molecule has 0 saturated carbocycles. The van der Waals surface area contributed by atoms with Crippen LogP contribution in [0.1, 0.15) is 59.3 Å². The summed E-state index contributed by atoms with van der Waals surface area (Å²) in [5.74, 6) is 0.614. The van der Waals surface area contributed by atoms with Crippen LogP contribution in [0.25, 0.3) is 0 Å². The Kier molecular flexibility index (Phi) is 8.93. The zero-order chi connectivity index (χ0) is 15.7. The van der Waals surface area contributed by atoms with Gasteiger partial charge >= 0.3 is 0 Å². The molecule has 4 nitrogen and oxygen atoms in total. The van der Waals surface area contributed by atoms with Crippen LogP contribution in [0.3, 0.4) is 0 Å². The maximum absolute atomic E-state index is 12.6. The molecule has 1 aliphatic heterocycles. The zero-order valence-electron chi connectivity index (χ0n) is 14.3. The molecule has 1 fully saturated rings. The van der Waals surface area contributed by atoms with E-state index in [4.69, 9.17) is 5.73 Å². The number of carbonyl (C=O) groups is 1. The Balaban J connectivity index is 2.45. The van der Waals surface area contributed by atoms with Crippen LogP contribution in [0.15, 0.2) is 0 Å².